The van der Waals surface area contributed by atoms with E-state index in [1.165, 1.54) is 0 Å². The van der Waals surface area contributed by atoms with Crippen molar-refractivity contribution in [1.29, 1.82) is 0 Å². The minimum Gasteiger partial charge on any atom is -0.497 e. The Morgan fingerprint density at radius 2 is 2.22 bits per heavy atom. The lowest BCUT2D eigenvalue weighted by molar-refractivity contribution is -0.126. The molecule has 1 amide bonds. The number of nitrogens with zero attached hydrogens (tertiary/aromatic N) is 1. The van der Waals surface area contributed by atoms with Crippen molar-refractivity contribution >= 4 is 5.91 Å². The van der Waals surface area contributed by atoms with Gasteiger partial charge in [-0.2, -0.15) is 0 Å². The number of carbonyl (C=O) groups is 1. The molecule has 0 bridgehead atoms. The van der Waals surface area contributed by atoms with E-state index in [0.717, 1.165) is 49.5 Å². The second-order valence-corrected chi connectivity index (χ2v) is 5.83. The molecule has 0 saturated carbocycles. The third-order valence-electron chi connectivity index (χ3n) is 4.20. The Kier molecular flexibility index (Phi) is 6.67. The van der Waals surface area contributed by atoms with Gasteiger partial charge in [-0.15, -0.1) is 0 Å². The Balaban J connectivity index is 2.01. The Hall–Kier alpha value is -1.79. The fourth-order valence-corrected chi connectivity index (χ4v) is 3.00. The third kappa shape index (κ3) is 4.84. The third-order valence-corrected chi connectivity index (χ3v) is 4.20. The van der Waals surface area contributed by atoms with Crippen molar-refractivity contribution in [2.24, 2.45) is 11.7 Å². The summed E-state index contributed by atoms with van der Waals surface area (Å²) in [7, 11) is 3.33. The molecule has 0 radical (unpaired) electrons. The Morgan fingerprint density at radius 1 is 1.39 bits per heavy atom. The minimum absolute atomic E-state index is 0.0342. The van der Waals surface area contributed by atoms with E-state index < -0.39 is 0 Å². The van der Waals surface area contributed by atoms with Crippen molar-refractivity contribution in [2.45, 2.75) is 19.4 Å². The molecule has 0 aromatic heterocycles. The Labute approximate surface area is 137 Å². The van der Waals surface area contributed by atoms with Gasteiger partial charge in [0.25, 0.3) is 0 Å². The predicted molar refractivity (Wildman–Crippen MR) is 89.6 cm³/mol. The maximum absolute atomic E-state index is 12.1. The van der Waals surface area contributed by atoms with Gasteiger partial charge in [-0.3, -0.25) is 9.69 Å². The summed E-state index contributed by atoms with van der Waals surface area (Å²) in [6.45, 7) is 3.51. The lowest BCUT2D eigenvalue weighted by Crippen LogP contribution is -2.43. The van der Waals surface area contributed by atoms with E-state index in [2.05, 4.69) is 10.2 Å². The number of hydrogen-bond acceptors (Lipinski definition) is 5. The number of carbonyl (C=O) groups excluding carboxylic acids is 1. The molecule has 1 aromatic rings. The Morgan fingerprint density at radius 3 is 2.91 bits per heavy atom. The highest BCUT2D eigenvalue weighted by Crippen LogP contribution is 2.27. The molecule has 1 aliphatic rings. The number of hydrogen-bond donors (Lipinski definition) is 2. The zero-order valence-electron chi connectivity index (χ0n) is 14.0. The number of benzene rings is 1. The van der Waals surface area contributed by atoms with Crippen LogP contribution in [-0.4, -0.2) is 51.2 Å². The highest BCUT2D eigenvalue weighted by atomic mass is 16.5. The van der Waals surface area contributed by atoms with Crippen LogP contribution in [0.1, 0.15) is 18.4 Å². The van der Waals surface area contributed by atoms with Gasteiger partial charge in [-0.25, -0.2) is 0 Å². The zero-order valence-corrected chi connectivity index (χ0v) is 14.0. The second kappa shape index (κ2) is 8.74. The number of rotatable bonds is 7. The molecule has 0 aliphatic carbocycles. The van der Waals surface area contributed by atoms with E-state index >= 15 is 0 Å². The van der Waals surface area contributed by atoms with Gasteiger partial charge in [-0.05, 0) is 37.6 Å². The first-order chi connectivity index (χ1) is 11.2. The summed E-state index contributed by atoms with van der Waals surface area (Å²) in [5.74, 6) is 1.81. The molecule has 6 nitrogen and oxygen atoms in total. The highest BCUT2D eigenvalue weighted by molar-refractivity contribution is 5.78. The minimum atomic E-state index is 0.0342. The van der Waals surface area contributed by atoms with Crippen LogP contribution in [0.5, 0.6) is 11.5 Å². The van der Waals surface area contributed by atoms with Crippen LogP contribution < -0.4 is 20.5 Å². The summed E-state index contributed by atoms with van der Waals surface area (Å²) in [5, 5.41) is 2.89. The predicted octanol–water partition coefficient (Wildman–Crippen LogP) is 0.991. The van der Waals surface area contributed by atoms with E-state index in [1.54, 1.807) is 14.2 Å². The van der Waals surface area contributed by atoms with Crippen molar-refractivity contribution in [2.75, 3.05) is 40.4 Å². The summed E-state index contributed by atoms with van der Waals surface area (Å²) >= 11 is 0. The number of nitrogens with one attached hydrogen (secondary N) is 1. The molecule has 0 spiro atoms. The second-order valence-electron chi connectivity index (χ2n) is 5.83. The van der Waals surface area contributed by atoms with Gasteiger partial charge in [-0.1, -0.05) is 0 Å². The number of amides is 1. The first-order valence-electron chi connectivity index (χ1n) is 8.09. The molecule has 1 aliphatic heterocycles. The molecule has 1 aromatic carbocycles. The van der Waals surface area contributed by atoms with E-state index in [-0.39, 0.29) is 11.8 Å². The lowest BCUT2D eigenvalue weighted by atomic mass is 9.96. The molecular formula is C17H27N3O3. The van der Waals surface area contributed by atoms with E-state index in [0.29, 0.717) is 13.1 Å². The monoisotopic (exact) mass is 321 g/mol. The first kappa shape index (κ1) is 17.6. The van der Waals surface area contributed by atoms with Gasteiger partial charge in [0.2, 0.25) is 5.91 Å². The fraction of sp³-hybridized carbons (Fsp3) is 0.588. The van der Waals surface area contributed by atoms with E-state index in [1.807, 2.05) is 18.2 Å². The topological polar surface area (TPSA) is 76.8 Å². The molecule has 1 heterocycles. The standard InChI is InChI=1S/C17H27N3O3/c1-22-15-5-6-16(23-2)14(10-15)12-20-9-3-4-13(11-20)17(21)19-8-7-18/h5-6,10,13H,3-4,7-9,11-12,18H2,1-2H3,(H,19,21). The summed E-state index contributed by atoms with van der Waals surface area (Å²) < 4.78 is 10.7. The summed E-state index contributed by atoms with van der Waals surface area (Å²) in [6.07, 6.45) is 1.95. The summed E-state index contributed by atoms with van der Waals surface area (Å²) in [4.78, 5) is 14.4. The van der Waals surface area contributed by atoms with Crippen LogP contribution in [-0.2, 0) is 11.3 Å². The van der Waals surface area contributed by atoms with Crippen molar-refractivity contribution in [1.82, 2.24) is 10.2 Å². The smallest absolute Gasteiger partial charge is 0.224 e. The fourth-order valence-electron chi connectivity index (χ4n) is 3.00. The quantitative estimate of drug-likeness (QED) is 0.783. The van der Waals surface area contributed by atoms with Gasteiger partial charge < -0.3 is 20.5 Å². The first-order valence-corrected chi connectivity index (χ1v) is 8.09. The average molecular weight is 321 g/mol. The molecule has 23 heavy (non-hydrogen) atoms. The van der Waals surface area contributed by atoms with E-state index in [9.17, 15) is 4.79 Å². The van der Waals surface area contributed by atoms with Crippen molar-refractivity contribution in [3.8, 4) is 11.5 Å². The van der Waals surface area contributed by atoms with Crippen LogP contribution in [0, 0.1) is 5.92 Å². The number of nitrogens with two attached hydrogens (primary N) is 1. The molecule has 1 atom stereocenters. The van der Waals surface area contributed by atoms with Crippen molar-refractivity contribution < 1.29 is 14.3 Å². The molecule has 1 saturated heterocycles. The molecular weight excluding hydrogens is 294 g/mol. The van der Waals surface area contributed by atoms with Crippen molar-refractivity contribution in [3.63, 3.8) is 0 Å². The maximum Gasteiger partial charge on any atom is 0.224 e. The Bertz CT molecular complexity index is 522. The van der Waals surface area contributed by atoms with Gasteiger partial charge >= 0.3 is 0 Å². The van der Waals surface area contributed by atoms with E-state index in [4.69, 9.17) is 15.2 Å². The molecule has 1 unspecified atom stereocenters. The van der Waals surface area contributed by atoms with Gasteiger partial charge in [0, 0.05) is 31.7 Å². The van der Waals surface area contributed by atoms with Crippen LogP contribution >= 0.6 is 0 Å². The number of likely N-dealkylation sites (tertiary alicyclic amines) is 1. The summed E-state index contributed by atoms with van der Waals surface area (Å²) in [6, 6.07) is 5.81. The zero-order chi connectivity index (χ0) is 16.7. The maximum atomic E-state index is 12.1. The van der Waals surface area contributed by atoms with Crippen LogP contribution in [0.4, 0.5) is 0 Å². The number of piperidine rings is 1. The summed E-state index contributed by atoms with van der Waals surface area (Å²) in [5.41, 5.74) is 6.52. The largest absolute Gasteiger partial charge is 0.497 e. The highest BCUT2D eigenvalue weighted by Gasteiger charge is 2.26. The van der Waals surface area contributed by atoms with Crippen LogP contribution in [0.15, 0.2) is 18.2 Å². The van der Waals surface area contributed by atoms with Gasteiger partial charge in [0.1, 0.15) is 11.5 Å². The molecule has 1 fully saturated rings. The molecule has 6 heteroatoms. The van der Waals surface area contributed by atoms with Crippen LogP contribution in [0.2, 0.25) is 0 Å². The van der Waals surface area contributed by atoms with Gasteiger partial charge in [0.05, 0.1) is 20.1 Å². The normalized spacial score (nSPS) is 18.5. The molecule has 3 N–H and O–H groups in total. The van der Waals surface area contributed by atoms with Crippen LogP contribution in [0.25, 0.3) is 0 Å². The van der Waals surface area contributed by atoms with Crippen LogP contribution in [0.3, 0.4) is 0 Å². The molecule has 2 rings (SSSR count). The average Bonchev–Trinajstić information content (AvgIpc) is 2.59. The van der Waals surface area contributed by atoms with Gasteiger partial charge in [0.15, 0.2) is 0 Å². The van der Waals surface area contributed by atoms with Crippen molar-refractivity contribution in [3.05, 3.63) is 23.8 Å². The number of methoxy groups -OCH3 is 2. The lowest BCUT2D eigenvalue weighted by Gasteiger charge is -2.32. The molecule has 128 valence electrons. The number of ether oxygens (including phenoxy) is 2. The SMILES string of the molecule is COc1ccc(OC)c(CN2CCCC(C(=O)NCCN)C2)c1.